The van der Waals surface area contributed by atoms with Gasteiger partial charge in [-0.3, -0.25) is 4.79 Å². The number of carboxylic acid groups (broad SMARTS) is 1. The van der Waals surface area contributed by atoms with E-state index in [0.29, 0.717) is 11.3 Å². The highest BCUT2D eigenvalue weighted by atomic mass is 32.2. The SMILES string of the molecule is CSc1ccc(C(=O)Nc2cc(C)[nH]c2C(=O)O)cc1. The van der Waals surface area contributed by atoms with Gasteiger partial charge in [-0.05, 0) is 43.5 Å². The van der Waals surface area contributed by atoms with Crippen molar-refractivity contribution in [3.8, 4) is 0 Å². The Morgan fingerprint density at radius 3 is 2.45 bits per heavy atom. The fourth-order valence-corrected chi connectivity index (χ4v) is 2.20. The summed E-state index contributed by atoms with van der Waals surface area (Å²) in [6.07, 6.45) is 1.96. The third kappa shape index (κ3) is 3.03. The molecule has 1 aromatic heterocycles. The maximum absolute atomic E-state index is 12.1. The Hall–Kier alpha value is -2.21. The third-order valence-corrected chi connectivity index (χ3v) is 3.51. The number of H-pyrrole nitrogens is 1. The van der Waals surface area contributed by atoms with Crippen molar-refractivity contribution >= 4 is 29.3 Å². The van der Waals surface area contributed by atoms with E-state index in [0.717, 1.165) is 4.90 Å². The molecule has 20 heavy (non-hydrogen) atoms. The van der Waals surface area contributed by atoms with Crippen LogP contribution in [0.2, 0.25) is 0 Å². The number of nitrogens with one attached hydrogen (secondary N) is 2. The van der Waals surface area contributed by atoms with Crippen molar-refractivity contribution in [3.63, 3.8) is 0 Å². The topological polar surface area (TPSA) is 82.2 Å². The van der Waals surface area contributed by atoms with E-state index >= 15 is 0 Å². The molecule has 0 unspecified atom stereocenters. The molecule has 5 nitrogen and oxygen atoms in total. The van der Waals surface area contributed by atoms with Crippen LogP contribution in [-0.4, -0.2) is 28.2 Å². The number of amides is 1. The first-order valence-corrected chi connectivity index (χ1v) is 7.12. The zero-order valence-corrected chi connectivity index (χ0v) is 11.9. The van der Waals surface area contributed by atoms with E-state index in [9.17, 15) is 9.59 Å². The number of aromatic nitrogens is 1. The Balaban J connectivity index is 2.20. The van der Waals surface area contributed by atoms with E-state index in [1.165, 1.54) is 0 Å². The van der Waals surface area contributed by atoms with E-state index in [4.69, 9.17) is 5.11 Å². The number of carbonyl (C=O) groups excluding carboxylic acids is 1. The van der Waals surface area contributed by atoms with Crippen molar-refractivity contribution < 1.29 is 14.7 Å². The van der Waals surface area contributed by atoms with Crippen LogP contribution in [0.25, 0.3) is 0 Å². The molecule has 2 rings (SSSR count). The zero-order valence-electron chi connectivity index (χ0n) is 11.1. The molecule has 0 aliphatic carbocycles. The summed E-state index contributed by atoms with van der Waals surface area (Å²) in [5, 5.41) is 11.7. The standard InChI is InChI=1S/C14H14N2O3S/c1-8-7-11(12(15-8)14(18)19)16-13(17)9-3-5-10(20-2)6-4-9/h3-7,15H,1-2H3,(H,16,17)(H,18,19). The highest BCUT2D eigenvalue weighted by Crippen LogP contribution is 2.19. The lowest BCUT2D eigenvalue weighted by atomic mass is 10.2. The molecule has 0 bridgehead atoms. The van der Waals surface area contributed by atoms with Crippen LogP contribution < -0.4 is 5.32 Å². The van der Waals surface area contributed by atoms with Gasteiger partial charge in [0.05, 0.1) is 5.69 Å². The second-order valence-electron chi connectivity index (χ2n) is 4.23. The van der Waals surface area contributed by atoms with Gasteiger partial charge in [-0.2, -0.15) is 0 Å². The number of aromatic amines is 1. The van der Waals surface area contributed by atoms with Crippen LogP contribution in [0.5, 0.6) is 0 Å². The summed E-state index contributed by atoms with van der Waals surface area (Å²) < 4.78 is 0. The number of hydrogen-bond acceptors (Lipinski definition) is 3. The molecule has 1 heterocycles. The van der Waals surface area contributed by atoms with Gasteiger partial charge in [0.25, 0.3) is 5.91 Å². The van der Waals surface area contributed by atoms with Gasteiger partial charge >= 0.3 is 5.97 Å². The lowest BCUT2D eigenvalue weighted by molar-refractivity contribution is 0.0692. The summed E-state index contributed by atoms with van der Waals surface area (Å²) in [5.41, 5.74) is 1.42. The van der Waals surface area contributed by atoms with E-state index in [-0.39, 0.29) is 17.3 Å². The average molecular weight is 290 g/mol. The molecule has 0 radical (unpaired) electrons. The number of aromatic carboxylic acids is 1. The number of hydrogen-bond donors (Lipinski definition) is 3. The second-order valence-corrected chi connectivity index (χ2v) is 5.11. The first-order valence-electron chi connectivity index (χ1n) is 5.89. The van der Waals surface area contributed by atoms with Gasteiger partial charge in [0.15, 0.2) is 0 Å². The van der Waals surface area contributed by atoms with Crippen LogP contribution in [0, 0.1) is 6.92 Å². The molecule has 0 fully saturated rings. The van der Waals surface area contributed by atoms with Crippen LogP contribution in [-0.2, 0) is 0 Å². The van der Waals surface area contributed by atoms with Crippen molar-refractivity contribution in [3.05, 3.63) is 47.3 Å². The highest BCUT2D eigenvalue weighted by Gasteiger charge is 2.16. The second kappa shape index (κ2) is 5.83. The molecule has 3 N–H and O–H groups in total. The van der Waals surface area contributed by atoms with Gasteiger partial charge in [-0.15, -0.1) is 11.8 Å². The van der Waals surface area contributed by atoms with Crippen LogP contribution in [0.15, 0.2) is 35.2 Å². The van der Waals surface area contributed by atoms with Crippen molar-refractivity contribution in [1.82, 2.24) is 4.98 Å². The lowest BCUT2D eigenvalue weighted by Crippen LogP contribution is -2.13. The lowest BCUT2D eigenvalue weighted by Gasteiger charge is -2.05. The Labute approximate surface area is 120 Å². The quantitative estimate of drug-likeness (QED) is 0.756. The summed E-state index contributed by atoms with van der Waals surface area (Å²) in [6, 6.07) is 8.71. The largest absolute Gasteiger partial charge is 0.477 e. The zero-order chi connectivity index (χ0) is 14.7. The number of rotatable bonds is 4. The Morgan fingerprint density at radius 1 is 1.25 bits per heavy atom. The molecule has 6 heteroatoms. The van der Waals surface area contributed by atoms with Crippen molar-refractivity contribution in [2.45, 2.75) is 11.8 Å². The van der Waals surface area contributed by atoms with Gasteiger partial charge in [0.1, 0.15) is 5.69 Å². The number of aryl methyl sites for hydroxylation is 1. The summed E-state index contributed by atoms with van der Waals surface area (Å²) >= 11 is 1.59. The predicted octanol–water partition coefficient (Wildman–Crippen LogP) is 3.00. The summed E-state index contributed by atoms with van der Waals surface area (Å²) in [4.78, 5) is 26.9. The molecule has 0 aliphatic rings. The smallest absolute Gasteiger partial charge is 0.354 e. The number of carboxylic acids is 1. The van der Waals surface area contributed by atoms with Crippen LogP contribution in [0.4, 0.5) is 5.69 Å². The molecule has 0 spiro atoms. The maximum Gasteiger partial charge on any atom is 0.354 e. The Morgan fingerprint density at radius 2 is 1.90 bits per heavy atom. The first-order chi connectivity index (χ1) is 9.51. The van der Waals surface area contributed by atoms with E-state index in [1.807, 2.05) is 18.4 Å². The molecule has 1 aromatic carbocycles. The monoisotopic (exact) mass is 290 g/mol. The van der Waals surface area contributed by atoms with Crippen molar-refractivity contribution in [1.29, 1.82) is 0 Å². The van der Waals surface area contributed by atoms with E-state index in [2.05, 4.69) is 10.3 Å². The molecule has 0 saturated heterocycles. The number of thioether (sulfide) groups is 1. The minimum Gasteiger partial charge on any atom is -0.477 e. The van der Waals surface area contributed by atoms with Crippen LogP contribution in [0.1, 0.15) is 26.5 Å². The number of carbonyl (C=O) groups is 2. The predicted molar refractivity (Wildman–Crippen MR) is 78.7 cm³/mol. The molecule has 0 saturated carbocycles. The van der Waals surface area contributed by atoms with Crippen LogP contribution in [0.3, 0.4) is 0 Å². The van der Waals surface area contributed by atoms with E-state index < -0.39 is 5.97 Å². The maximum atomic E-state index is 12.1. The molecule has 104 valence electrons. The van der Waals surface area contributed by atoms with Crippen molar-refractivity contribution in [2.75, 3.05) is 11.6 Å². The summed E-state index contributed by atoms with van der Waals surface area (Å²) in [5.74, 6) is -1.44. The minimum absolute atomic E-state index is 0.0171. The normalized spacial score (nSPS) is 10.3. The first kappa shape index (κ1) is 14.2. The van der Waals surface area contributed by atoms with Gasteiger partial charge < -0.3 is 15.4 Å². The highest BCUT2D eigenvalue weighted by molar-refractivity contribution is 7.98. The molecule has 1 amide bonds. The number of anilines is 1. The molecular weight excluding hydrogens is 276 g/mol. The molecule has 0 atom stereocenters. The molecule has 2 aromatic rings. The molecular formula is C14H14N2O3S. The average Bonchev–Trinajstić information content (AvgIpc) is 2.80. The minimum atomic E-state index is -1.11. The van der Waals surface area contributed by atoms with Gasteiger partial charge in [0, 0.05) is 16.2 Å². The number of benzene rings is 1. The van der Waals surface area contributed by atoms with Gasteiger partial charge in [0.2, 0.25) is 0 Å². The van der Waals surface area contributed by atoms with Crippen molar-refractivity contribution in [2.24, 2.45) is 0 Å². The van der Waals surface area contributed by atoms with Crippen LogP contribution >= 0.6 is 11.8 Å². The fourth-order valence-electron chi connectivity index (χ4n) is 1.79. The fraction of sp³-hybridized carbons (Fsp3) is 0.143. The Bertz CT molecular complexity index is 647. The third-order valence-electron chi connectivity index (χ3n) is 2.77. The Kier molecular flexibility index (Phi) is 4.14. The summed E-state index contributed by atoms with van der Waals surface area (Å²) in [7, 11) is 0. The van der Waals surface area contributed by atoms with Gasteiger partial charge in [-0.1, -0.05) is 0 Å². The van der Waals surface area contributed by atoms with E-state index in [1.54, 1.807) is 36.9 Å². The molecule has 0 aliphatic heterocycles. The summed E-state index contributed by atoms with van der Waals surface area (Å²) in [6.45, 7) is 1.73. The van der Waals surface area contributed by atoms with Gasteiger partial charge in [-0.25, -0.2) is 4.79 Å².